The summed E-state index contributed by atoms with van der Waals surface area (Å²) in [5.41, 5.74) is 4.95. The van der Waals surface area contributed by atoms with Crippen molar-refractivity contribution in [2.24, 2.45) is 0 Å². The van der Waals surface area contributed by atoms with E-state index in [4.69, 9.17) is 0 Å². The highest BCUT2D eigenvalue weighted by atomic mass is 32.2. The maximum atomic E-state index is 12.7. The third-order valence-corrected chi connectivity index (χ3v) is 8.04. The van der Waals surface area contributed by atoms with Crippen molar-refractivity contribution in [1.29, 1.82) is 0 Å². The molecule has 0 radical (unpaired) electrons. The topological polar surface area (TPSA) is 113 Å². The van der Waals surface area contributed by atoms with Crippen LogP contribution in [0.5, 0.6) is 0 Å². The first-order valence-corrected chi connectivity index (χ1v) is 14.1. The van der Waals surface area contributed by atoms with Crippen LogP contribution < -0.4 is 14.3 Å². The van der Waals surface area contributed by atoms with Gasteiger partial charge in [0.2, 0.25) is 15.9 Å². The van der Waals surface area contributed by atoms with Crippen LogP contribution in [-0.2, 0) is 24.8 Å². The number of aryl methyl sites for hydroxylation is 4. The average molecular weight is 516 g/mol. The Hall–Kier alpha value is -3.37. The number of benzene rings is 3. The Bertz CT molecular complexity index is 1470. The highest BCUT2D eigenvalue weighted by Crippen LogP contribution is 2.24. The van der Waals surface area contributed by atoms with E-state index in [1.54, 1.807) is 31.2 Å². The maximum Gasteiger partial charge on any atom is 0.261 e. The molecule has 35 heavy (non-hydrogen) atoms. The molecule has 0 unspecified atom stereocenters. The fourth-order valence-corrected chi connectivity index (χ4v) is 5.50. The van der Waals surface area contributed by atoms with E-state index in [1.807, 2.05) is 32.9 Å². The van der Waals surface area contributed by atoms with E-state index in [2.05, 4.69) is 10.0 Å². The summed E-state index contributed by atoms with van der Waals surface area (Å²) in [6.07, 6.45) is 1.04. The monoisotopic (exact) mass is 515 g/mol. The molecule has 0 saturated carbocycles. The molecule has 10 heteroatoms. The van der Waals surface area contributed by atoms with Crippen molar-refractivity contribution in [3.63, 3.8) is 0 Å². The van der Waals surface area contributed by atoms with E-state index in [0.717, 1.165) is 32.8 Å². The number of anilines is 3. The second-order valence-electron chi connectivity index (χ2n) is 8.54. The molecule has 0 aliphatic rings. The minimum atomic E-state index is -3.82. The lowest BCUT2D eigenvalue weighted by molar-refractivity contribution is -0.114. The number of nitrogens with one attached hydrogen (secondary N) is 2. The Morgan fingerprint density at radius 3 is 1.97 bits per heavy atom. The molecule has 3 rings (SSSR count). The zero-order chi connectivity index (χ0) is 26.0. The van der Waals surface area contributed by atoms with Crippen molar-refractivity contribution in [3.05, 3.63) is 82.9 Å². The third-order valence-electron chi connectivity index (χ3n) is 5.52. The average Bonchev–Trinajstić information content (AvgIpc) is 2.74. The number of amides is 1. The van der Waals surface area contributed by atoms with Gasteiger partial charge in [-0.25, -0.2) is 16.8 Å². The first-order chi connectivity index (χ1) is 16.3. The van der Waals surface area contributed by atoms with E-state index in [0.29, 0.717) is 17.1 Å². The molecule has 3 aromatic rings. The summed E-state index contributed by atoms with van der Waals surface area (Å²) in [7, 11) is -7.54. The summed E-state index contributed by atoms with van der Waals surface area (Å²) in [6, 6.07) is 16.2. The minimum absolute atomic E-state index is 0.0294. The molecular weight excluding hydrogens is 486 g/mol. The summed E-state index contributed by atoms with van der Waals surface area (Å²) in [4.78, 5) is 12.7. The summed E-state index contributed by atoms with van der Waals surface area (Å²) >= 11 is 0. The molecule has 3 aromatic carbocycles. The van der Waals surface area contributed by atoms with Crippen LogP contribution in [0.1, 0.15) is 22.3 Å². The number of hydrogen-bond donors (Lipinski definition) is 2. The summed E-state index contributed by atoms with van der Waals surface area (Å²) in [5, 5.41) is 2.63. The lowest BCUT2D eigenvalue weighted by atomic mass is 10.1. The molecule has 0 fully saturated rings. The molecule has 0 bridgehead atoms. The number of carbonyl (C=O) groups excluding carboxylic acids is 1. The van der Waals surface area contributed by atoms with Crippen LogP contribution in [0.3, 0.4) is 0 Å². The SMILES string of the molecule is Cc1ccc(N(CC(=O)Nc2ccc(S(=O)(=O)Nc3ccc(C)c(C)c3)cc2)S(C)(=O)=O)c(C)c1. The largest absolute Gasteiger partial charge is 0.325 e. The Labute approximate surface area is 207 Å². The molecule has 186 valence electrons. The number of carbonyl (C=O) groups is 1. The van der Waals surface area contributed by atoms with Gasteiger partial charge in [-0.2, -0.15) is 0 Å². The van der Waals surface area contributed by atoms with Gasteiger partial charge in [-0.15, -0.1) is 0 Å². The number of hydrogen-bond acceptors (Lipinski definition) is 5. The van der Waals surface area contributed by atoms with Crippen LogP contribution in [0.15, 0.2) is 65.6 Å². The molecule has 0 saturated heterocycles. The number of rotatable bonds is 8. The van der Waals surface area contributed by atoms with Gasteiger partial charge in [-0.1, -0.05) is 23.8 Å². The lowest BCUT2D eigenvalue weighted by Gasteiger charge is -2.24. The molecule has 0 spiro atoms. The first-order valence-electron chi connectivity index (χ1n) is 10.8. The second-order valence-corrected chi connectivity index (χ2v) is 12.1. The van der Waals surface area contributed by atoms with Crippen LogP contribution in [0, 0.1) is 27.7 Å². The highest BCUT2D eigenvalue weighted by Gasteiger charge is 2.23. The molecular formula is C25H29N3O5S2. The normalized spacial score (nSPS) is 11.7. The predicted octanol–water partition coefficient (Wildman–Crippen LogP) is 4.13. The van der Waals surface area contributed by atoms with E-state index in [-0.39, 0.29) is 4.90 Å². The summed E-state index contributed by atoms with van der Waals surface area (Å²) < 4.78 is 53.8. The molecule has 0 aromatic heterocycles. The van der Waals surface area contributed by atoms with Gasteiger partial charge in [0, 0.05) is 11.4 Å². The van der Waals surface area contributed by atoms with Gasteiger partial charge >= 0.3 is 0 Å². The highest BCUT2D eigenvalue weighted by molar-refractivity contribution is 7.92. The van der Waals surface area contributed by atoms with E-state index in [9.17, 15) is 21.6 Å². The molecule has 0 aliphatic carbocycles. The Morgan fingerprint density at radius 1 is 0.771 bits per heavy atom. The molecule has 1 amide bonds. The number of sulfonamides is 2. The molecule has 8 nitrogen and oxygen atoms in total. The van der Waals surface area contributed by atoms with E-state index in [1.165, 1.54) is 24.3 Å². The number of nitrogens with zero attached hydrogens (tertiary/aromatic N) is 1. The van der Waals surface area contributed by atoms with Crippen LogP contribution in [0.25, 0.3) is 0 Å². The van der Waals surface area contributed by atoms with Gasteiger partial charge in [-0.3, -0.25) is 13.8 Å². The fraction of sp³-hybridized carbons (Fsp3) is 0.240. The van der Waals surface area contributed by atoms with Gasteiger partial charge in [0.15, 0.2) is 0 Å². The molecule has 0 heterocycles. The van der Waals surface area contributed by atoms with Crippen molar-refractivity contribution < 1.29 is 21.6 Å². The fourth-order valence-electron chi connectivity index (χ4n) is 3.53. The smallest absolute Gasteiger partial charge is 0.261 e. The minimum Gasteiger partial charge on any atom is -0.325 e. The van der Waals surface area contributed by atoms with Crippen LogP contribution in [0.4, 0.5) is 17.1 Å². The maximum absolute atomic E-state index is 12.7. The van der Waals surface area contributed by atoms with Crippen molar-refractivity contribution in [3.8, 4) is 0 Å². The molecule has 2 N–H and O–H groups in total. The van der Waals surface area contributed by atoms with E-state index < -0.39 is 32.5 Å². The third kappa shape index (κ3) is 6.61. The standard InChI is InChI=1S/C25H29N3O5S2/c1-17-6-13-24(20(4)14-17)28(34(5,30)31)16-25(29)26-21-9-11-23(12-10-21)35(32,33)27-22-8-7-18(2)19(3)15-22/h6-15,27H,16H2,1-5H3,(H,26,29). The Morgan fingerprint density at radius 2 is 1.40 bits per heavy atom. The first kappa shape index (κ1) is 26.2. The molecule has 0 aliphatic heterocycles. The van der Waals surface area contributed by atoms with Crippen molar-refractivity contribution in [2.75, 3.05) is 27.1 Å². The van der Waals surface area contributed by atoms with Crippen LogP contribution in [-0.4, -0.2) is 35.5 Å². The van der Waals surface area contributed by atoms with Gasteiger partial charge in [0.25, 0.3) is 10.0 Å². The Balaban J connectivity index is 1.73. The van der Waals surface area contributed by atoms with Gasteiger partial charge in [0.1, 0.15) is 6.54 Å². The summed E-state index contributed by atoms with van der Waals surface area (Å²) in [5.74, 6) is -0.556. The van der Waals surface area contributed by atoms with Gasteiger partial charge in [0.05, 0.1) is 16.8 Å². The van der Waals surface area contributed by atoms with Crippen LogP contribution >= 0.6 is 0 Å². The van der Waals surface area contributed by atoms with Crippen molar-refractivity contribution >= 4 is 43.0 Å². The van der Waals surface area contributed by atoms with E-state index >= 15 is 0 Å². The quantitative estimate of drug-likeness (QED) is 0.469. The zero-order valence-electron chi connectivity index (χ0n) is 20.3. The Kier molecular flexibility index (Phi) is 7.56. The van der Waals surface area contributed by atoms with Crippen LogP contribution in [0.2, 0.25) is 0 Å². The second kappa shape index (κ2) is 10.1. The van der Waals surface area contributed by atoms with Gasteiger partial charge < -0.3 is 5.32 Å². The lowest BCUT2D eigenvalue weighted by Crippen LogP contribution is -2.37. The molecule has 0 atom stereocenters. The predicted molar refractivity (Wildman–Crippen MR) is 140 cm³/mol. The van der Waals surface area contributed by atoms with Crippen molar-refractivity contribution in [2.45, 2.75) is 32.6 Å². The van der Waals surface area contributed by atoms with Gasteiger partial charge in [-0.05, 0) is 86.8 Å². The van der Waals surface area contributed by atoms with Crippen molar-refractivity contribution in [1.82, 2.24) is 0 Å². The zero-order valence-corrected chi connectivity index (χ0v) is 21.9. The summed E-state index contributed by atoms with van der Waals surface area (Å²) in [6.45, 7) is 7.10.